The fourth-order valence-corrected chi connectivity index (χ4v) is 2.59. The number of anilines is 1. The molecule has 0 aromatic heterocycles. The Morgan fingerprint density at radius 2 is 2.00 bits per heavy atom. The van der Waals surface area contributed by atoms with E-state index in [9.17, 15) is 13.2 Å². The Bertz CT molecular complexity index is 536. The normalized spacial score (nSPS) is 21.1. The van der Waals surface area contributed by atoms with Crippen molar-refractivity contribution in [3.05, 3.63) is 41.8 Å². The third-order valence-electron chi connectivity index (χ3n) is 2.18. The maximum atomic E-state index is 11.4. The summed E-state index contributed by atoms with van der Waals surface area (Å²) in [5.74, 6) is -0.185. The summed E-state index contributed by atoms with van der Waals surface area (Å²) in [5, 5.41) is 3.57. The molecule has 1 N–H and O–H groups in total. The molecule has 1 unspecified atom stereocenters. The maximum Gasteiger partial charge on any atom is 0.412 e. The van der Waals surface area contributed by atoms with Crippen LogP contribution in [0, 0.1) is 0 Å². The number of nitrogens with one attached hydrogen (secondary N) is 1. The zero-order valence-electron chi connectivity index (χ0n) is 8.87. The molecular formula is C11H11NO4S. The molecule has 5 nitrogen and oxygen atoms in total. The molecule has 1 aliphatic heterocycles. The standard InChI is InChI=1S/C11H11NO4S/c13-11(12-9-4-2-1-3-5-9)16-10-6-7-17(14,15)8-10/h1-7,10H,8H2,(H,12,13). The number of ether oxygens (including phenoxy) is 1. The van der Waals surface area contributed by atoms with Crippen LogP contribution in [0.5, 0.6) is 0 Å². The van der Waals surface area contributed by atoms with E-state index >= 15 is 0 Å². The van der Waals surface area contributed by atoms with Crippen molar-refractivity contribution < 1.29 is 17.9 Å². The topological polar surface area (TPSA) is 72.5 Å². The molecule has 1 heterocycles. The van der Waals surface area contributed by atoms with Crippen LogP contribution in [0.15, 0.2) is 41.8 Å². The lowest BCUT2D eigenvalue weighted by atomic mass is 10.3. The van der Waals surface area contributed by atoms with Gasteiger partial charge in [0.1, 0.15) is 6.10 Å². The van der Waals surface area contributed by atoms with Crippen LogP contribution in [0.4, 0.5) is 10.5 Å². The summed E-state index contributed by atoms with van der Waals surface area (Å²) in [4.78, 5) is 11.4. The summed E-state index contributed by atoms with van der Waals surface area (Å²) in [6.45, 7) is 0. The van der Waals surface area contributed by atoms with Crippen LogP contribution in [-0.2, 0) is 14.6 Å². The van der Waals surface area contributed by atoms with Gasteiger partial charge in [-0.2, -0.15) is 0 Å². The Kier molecular flexibility index (Phi) is 3.14. The van der Waals surface area contributed by atoms with E-state index in [4.69, 9.17) is 4.74 Å². The molecule has 6 heteroatoms. The summed E-state index contributed by atoms with van der Waals surface area (Å²) in [6.07, 6.45) is -0.00781. The molecular weight excluding hydrogens is 242 g/mol. The molecule has 0 spiro atoms. The second-order valence-corrected chi connectivity index (χ2v) is 5.52. The fourth-order valence-electron chi connectivity index (χ4n) is 1.43. The first-order valence-electron chi connectivity index (χ1n) is 4.99. The van der Waals surface area contributed by atoms with Crippen LogP contribution in [0.1, 0.15) is 0 Å². The molecule has 2 rings (SSSR count). The van der Waals surface area contributed by atoms with Crippen molar-refractivity contribution in [3.63, 3.8) is 0 Å². The van der Waals surface area contributed by atoms with Crippen molar-refractivity contribution in [1.29, 1.82) is 0 Å². The zero-order chi connectivity index (χ0) is 12.3. The number of sulfone groups is 1. The Balaban J connectivity index is 1.89. The first-order chi connectivity index (χ1) is 8.05. The van der Waals surface area contributed by atoms with E-state index in [1.165, 1.54) is 6.08 Å². The van der Waals surface area contributed by atoms with Crippen molar-refractivity contribution in [3.8, 4) is 0 Å². The molecule has 0 radical (unpaired) electrons. The molecule has 1 aliphatic rings. The third kappa shape index (κ3) is 3.32. The van der Waals surface area contributed by atoms with Crippen molar-refractivity contribution in [1.82, 2.24) is 0 Å². The molecule has 1 atom stereocenters. The maximum absolute atomic E-state index is 11.4. The van der Waals surface area contributed by atoms with E-state index in [1.54, 1.807) is 24.3 Å². The predicted molar refractivity (Wildman–Crippen MR) is 63.3 cm³/mol. The first-order valence-corrected chi connectivity index (χ1v) is 6.70. The molecule has 90 valence electrons. The summed E-state index contributed by atoms with van der Waals surface area (Å²) in [6, 6.07) is 8.79. The van der Waals surface area contributed by atoms with Gasteiger partial charge in [-0.25, -0.2) is 13.2 Å². The van der Waals surface area contributed by atoms with Crippen LogP contribution >= 0.6 is 0 Å². The van der Waals surface area contributed by atoms with Gasteiger partial charge < -0.3 is 4.74 Å². The van der Waals surface area contributed by atoms with Crippen molar-refractivity contribution in [2.75, 3.05) is 11.1 Å². The van der Waals surface area contributed by atoms with Gasteiger partial charge in [-0.15, -0.1) is 0 Å². The highest BCUT2D eigenvalue weighted by Gasteiger charge is 2.24. The number of carbonyl (C=O) groups is 1. The summed E-state index contributed by atoms with van der Waals surface area (Å²) < 4.78 is 27.1. The van der Waals surface area contributed by atoms with E-state index in [-0.39, 0.29) is 5.75 Å². The smallest absolute Gasteiger partial charge is 0.412 e. The van der Waals surface area contributed by atoms with Crippen LogP contribution in [0.3, 0.4) is 0 Å². The van der Waals surface area contributed by atoms with E-state index in [1.807, 2.05) is 6.07 Å². The lowest BCUT2D eigenvalue weighted by Crippen LogP contribution is -2.23. The molecule has 0 saturated heterocycles. The first kappa shape index (κ1) is 11.7. The highest BCUT2D eigenvalue weighted by Crippen LogP contribution is 2.13. The molecule has 1 amide bonds. The van der Waals surface area contributed by atoms with Gasteiger partial charge in [0.15, 0.2) is 9.84 Å². The molecule has 0 aliphatic carbocycles. The van der Waals surface area contributed by atoms with Gasteiger partial charge in [-0.05, 0) is 18.2 Å². The number of amides is 1. The molecule has 0 bridgehead atoms. The summed E-state index contributed by atoms with van der Waals surface area (Å²) in [5.41, 5.74) is 0.599. The Morgan fingerprint density at radius 3 is 2.59 bits per heavy atom. The SMILES string of the molecule is O=C(Nc1ccccc1)OC1C=CS(=O)(=O)C1. The van der Waals surface area contributed by atoms with E-state index in [0.29, 0.717) is 5.69 Å². The largest absolute Gasteiger partial charge is 0.441 e. The van der Waals surface area contributed by atoms with Gasteiger partial charge in [0.05, 0.1) is 5.75 Å². The monoisotopic (exact) mass is 253 g/mol. The van der Waals surface area contributed by atoms with E-state index in [0.717, 1.165) is 5.41 Å². The lowest BCUT2D eigenvalue weighted by Gasteiger charge is -2.10. The quantitative estimate of drug-likeness (QED) is 0.867. The summed E-state index contributed by atoms with van der Waals surface area (Å²) in [7, 11) is -3.20. The van der Waals surface area contributed by atoms with Crippen LogP contribution in [0.2, 0.25) is 0 Å². The van der Waals surface area contributed by atoms with Crippen LogP contribution in [0.25, 0.3) is 0 Å². The number of hydrogen-bond donors (Lipinski definition) is 1. The number of carbonyl (C=O) groups excluding carboxylic acids is 1. The second kappa shape index (κ2) is 4.58. The van der Waals surface area contributed by atoms with E-state index < -0.39 is 22.0 Å². The minimum atomic E-state index is -3.20. The van der Waals surface area contributed by atoms with E-state index in [2.05, 4.69) is 5.32 Å². The average molecular weight is 253 g/mol. The Hall–Kier alpha value is -1.82. The molecule has 1 aromatic rings. The Labute approximate surface area is 99.0 Å². The van der Waals surface area contributed by atoms with Gasteiger partial charge in [0, 0.05) is 11.1 Å². The summed E-state index contributed by atoms with van der Waals surface area (Å²) >= 11 is 0. The second-order valence-electron chi connectivity index (χ2n) is 3.59. The number of rotatable bonds is 2. The van der Waals surface area contributed by atoms with Crippen molar-refractivity contribution in [2.45, 2.75) is 6.10 Å². The number of benzene rings is 1. The highest BCUT2D eigenvalue weighted by atomic mass is 32.2. The minimum Gasteiger partial charge on any atom is -0.441 e. The van der Waals surface area contributed by atoms with Gasteiger partial charge in [-0.3, -0.25) is 5.32 Å². The predicted octanol–water partition coefficient (Wildman–Crippen LogP) is 1.55. The van der Waals surface area contributed by atoms with Crippen LogP contribution < -0.4 is 5.32 Å². The zero-order valence-corrected chi connectivity index (χ0v) is 9.68. The van der Waals surface area contributed by atoms with Gasteiger partial charge in [0.2, 0.25) is 0 Å². The minimum absolute atomic E-state index is 0.185. The van der Waals surface area contributed by atoms with Crippen molar-refractivity contribution >= 4 is 21.6 Å². The Morgan fingerprint density at radius 1 is 1.29 bits per heavy atom. The number of para-hydroxylation sites is 1. The lowest BCUT2D eigenvalue weighted by molar-refractivity contribution is 0.144. The average Bonchev–Trinajstić information content (AvgIpc) is 2.59. The van der Waals surface area contributed by atoms with Crippen molar-refractivity contribution in [2.24, 2.45) is 0 Å². The molecule has 0 saturated carbocycles. The number of hydrogen-bond acceptors (Lipinski definition) is 4. The van der Waals surface area contributed by atoms with Crippen LogP contribution in [-0.4, -0.2) is 26.4 Å². The molecule has 1 aromatic carbocycles. The third-order valence-corrected chi connectivity index (χ3v) is 3.54. The molecule has 0 fully saturated rings. The van der Waals surface area contributed by atoms with Gasteiger partial charge >= 0.3 is 6.09 Å². The van der Waals surface area contributed by atoms with Gasteiger partial charge in [0.25, 0.3) is 0 Å². The van der Waals surface area contributed by atoms with Gasteiger partial charge in [-0.1, -0.05) is 18.2 Å². The fraction of sp³-hybridized carbons (Fsp3) is 0.182. The highest BCUT2D eigenvalue weighted by molar-refractivity contribution is 7.94. The molecule has 17 heavy (non-hydrogen) atoms.